The fraction of sp³-hybridized carbons (Fsp3) is 0.300. The molecule has 0 aromatic heterocycles. The summed E-state index contributed by atoms with van der Waals surface area (Å²) in [7, 11) is 1.54. The predicted molar refractivity (Wildman–Crippen MR) is 45.4 cm³/mol. The normalized spacial score (nSPS) is 31.8. The lowest BCUT2D eigenvalue weighted by Crippen LogP contribution is -2.12. The lowest BCUT2D eigenvalue weighted by molar-refractivity contribution is -0.119. The van der Waals surface area contributed by atoms with E-state index in [-0.39, 0.29) is 17.6 Å². The van der Waals surface area contributed by atoms with Crippen LogP contribution in [-0.2, 0) is 9.53 Å². The second kappa shape index (κ2) is 2.63. The molecule has 62 valence electrons. The van der Waals surface area contributed by atoms with Gasteiger partial charge in [0, 0.05) is 5.92 Å². The molecular weight excluding hydrogens is 152 g/mol. The molecule has 12 heavy (non-hydrogen) atoms. The van der Waals surface area contributed by atoms with Crippen molar-refractivity contribution in [1.29, 1.82) is 0 Å². The molecule has 2 nitrogen and oxygen atoms in total. The van der Waals surface area contributed by atoms with Gasteiger partial charge in [-0.1, -0.05) is 24.3 Å². The zero-order chi connectivity index (χ0) is 8.55. The van der Waals surface area contributed by atoms with Crippen LogP contribution in [0.2, 0.25) is 0 Å². The Morgan fingerprint density at radius 3 is 2.50 bits per heavy atom. The van der Waals surface area contributed by atoms with Gasteiger partial charge in [-0.05, 0) is 6.08 Å². The van der Waals surface area contributed by atoms with E-state index >= 15 is 0 Å². The van der Waals surface area contributed by atoms with Crippen LogP contribution in [0.25, 0.3) is 0 Å². The van der Waals surface area contributed by atoms with Crippen LogP contribution in [0.5, 0.6) is 0 Å². The van der Waals surface area contributed by atoms with E-state index in [1.165, 1.54) is 7.11 Å². The van der Waals surface area contributed by atoms with Gasteiger partial charge in [0.2, 0.25) is 5.78 Å². The van der Waals surface area contributed by atoms with E-state index in [1.807, 2.05) is 30.4 Å². The SMILES string of the molecule is COC1=CC2C=CC(C=C2)C1=O. The Bertz CT molecular complexity index is 283. The highest BCUT2D eigenvalue weighted by molar-refractivity contribution is 5.98. The molecule has 0 N–H and O–H groups in total. The average molecular weight is 162 g/mol. The maximum Gasteiger partial charge on any atom is 0.207 e. The quantitative estimate of drug-likeness (QED) is 0.545. The molecule has 3 aliphatic rings. The number of carbonyl (C=O) groups excluding carboxylic acids is 1. The monoisotopic (exact) mass is 162 g/mol. The number of methoxy groups -OCH3 is 1. The number of fused-ring (bicyclic) bond motifs is 1. The molecule has 0 amide bonds. The van der Waals surface area contributed by atoms with Crippen molar-refractivity contribution in [1.82, 2.24) is 0 Å². The minimum atomic E-state index is -0.102. The Hall–Kier alpha value is -1.31. The fourth-order valence-corrected chi connectivity index (χ4v) is 1.50. The van der Waals surface area contributed by atoms with Crippen LogP contribution in [0.1, 0.15) is 0 Å². The van der Waals surface area contributed by atoms with Gasteiger partial charge in [0.05, 0.1) is 13.0 Å². The summed E-state index contributed by atoms with van der Waals surface area (Å²) in [5, 5.41) is 0. The van der Waals surface area contributed by atoms with Gasteiger partial charge in [-0.3, -0.25) is 4.79 Å². The second-order valence-electron chi connectivity index (χ2n) is 2.97. The topological polar surface area (TPSA) is 26.3 Å². The zero-order valence-electron chi connectivity index (χ0n) is 6.86. The molecule has 0 saturated heterocycles. The number of rotatable bonds is 1. The number of ketones is 1. The van der Waals surface area contributed by atoms with Gasteiger partial charge < -0.3 is 4.74 Å². The van der Waals surface area contributed by atoms with Crippen LogP contribution in [0.15, 0.2) is 36.1 Å². The molecule has 0 unspecified atom stereocenters. The molecule has 0 atom stereocenters. The van der Waals surface area contributed by atoms with Gasteiger partial charge in [0.1, 0.15) is 0 Å². The average Bonchev–Trinajstić information content (AvgIpc) is 2.36. The van der Waals surface area contributed by atoms with Crippen molar-refractivity contribution in [3.63, 3.8) is 0 Å². The molecule has 3 aliphatic carbocycles. The number of ether oxygens (including phenoxy) is 1. The number of hydrogen-bond donors (Lipinski definition) is 0. The first-order valence-electron chi connectivity index (χ1n) is 3.98. The smallest absolute Gasteiger partial charge is 0.207 e. The summed E-state index contributed by atoms with van der Waals surface area (Å²) in [6.45, 7) is 0. The highest BCUT2D eigenvalue weighted by Gasteiger charge is 2.24. The summed E-state index contributed by atoms with van der Waals surface area (Å²) in [4.78, 5) is 11.5. The Balaban J connectivity index is 2.40. The lowest BCUT2D eigenvalue weighted by atomic mass is 9.98. The first-order chi connectivity index (χ1) is 5.81. The van der Waals surface area contributed by atoms with Crippen LogP contribution in [0.3, 0.4) is 0 Å². The molecule has 0 heterocycles. The van der Waals surface area contributed by atoms with Crippen LogP contribution >= 0.6 is 0 Å². The lowest BCUT2D eigenvalue weighted by Gasteiger charge is -2.07. The Kier molecular flexibility index (Phi) is 1.61. The standard InChI is InChI=1S/C10H10O2/c1-12-9-6-7-2-4-8(5-3-7)10(9)11/h2-8H,1H3. The van der Waals surface area contributed by atoms with Crippen LogP contribution in [0.4, 0.5) is 0 Å². The van der Waals surface area contributed by atoms with Crippen molar-refractivity contribution in [2.24, 2.45) is 11.8 Å². The molecule has 0 spiro atoms. The molecule has 0 fully saturated rings. The fourth-order valence-electron chi connectivity index (χ4n) is 1.50. The third-order valence-electron chi connectivity index (χ3n) is 2.19. The third-order valence-corrected chi connectivity index (χ3v) is 2.19. The molecule has 2 bridgehead atoms. The van der Waals surface area contributed by atoms with Crippen LogP contribution in [0, 0.1) is 11.8 Å². The Morgan fingerprint density at radius 2 is 1.92 bits per heavy atom. The Morgan fingerprint density at radius 1 is 1.25 bits per heavy atom. The van der Waals surface area contributed by atoms with Crippen molar-refractivity contribution in [2.45, 2.75) is 0 Å². The van der Waals surface area contributed by atoms with E-state index in [1.54, 1.807) is 0 Å². The van der Waals surface area contributed by atoms with E-state index in [2.05, 4.69) is 0 Å². The van der Waals surface area contributed by atoms with E-state index in [0.717, 1.165) is 0 Å². The molecule has 3 rings (SSSR count). The molecule has 0 aromatic carbocycles. The van der Waals surface area contributed by atoms with Gasteiger partial charge in [-0.2, -0.15) is 0 Å². The van der Waals surface area contributed by atoms with Crippen molar-refractivity contribution >= 4 is 5.78 Å². The van der Waals surface area contributed by atoms with Gasteiger partial charge >= 0.3 is 0 Å². The molecular formula is C10H10O2. The first kappa shape index (κ1) is 7.35. The van der Waals surface area contributed by atoms with Crippen molar-refractivity contribution < 1.29 is 9.53 Å². The highest BCUT2D eigenvalue weighted by atomic mass is 16.5. The van der Waals surface area contributed by atoms with E-state index in [9.17, 15) is 4.79 Å². The molecule has 0 aromatic rings. The van der Waals surface area contributed by atoms with Gasteiger partial charge in [0.15, 0.2) is 5.76 Å². The number of hydrogen-bond acceptors (Lipinski definition) is 2. The molecule has 2 heteroatoms. The highest BCUT2D eigenvalue weighted by Crippen LogP contribution is 2.25. The summed E-state index contributed by atoms with van der Waals surface area (Å²) >= 11 is 0. The van der Waals surface area contributed by atoms with Gasteiger partial charge in [-0.25, -0.2) is 0 Å². The zero-order valence-corrected chi connectivity index (χ0v) is 6.86. The van der Waals surface area contributed by atoms with E-state index in [4.69, 9.17) is 4.74 Å². The maximum absolute atomic E-state index is 11.5. The summed E-state index contributed by atoms with van der Waals surface area (Å²) in [6, 6.07) is 0. The van der Waals surface area contributed by atoms with Crippen LogP contribution < -0.4 is 0 Å². The molecule has 0 saturated carbocycles. The number of carbonyl (C=O) groups is 1. The minimum absolute atomic E-state index is 0.0602. The third kappa shape index (κ3) is 0.998. The summed E-state index contributed by atoms with van der Waals surface area (Å²) < 4.78 is 5.00. The van der Waals surface area contributed by atoms with Gasteiger partial charge in [-0.15, -0.1) is 0 Å². The summed E-state index contributed by atoms with van der Waals surface area (Å²) in [5.41, 5.74) is 0. The number of allylic oxidation sites excluding steroid dienone is 6. The largest absolute Gasteiger partial charge is 0.493 e. The molecule has 0 aliphatic heterocycles. The predicted octanol–water partition coefficient (Wildman–Crippen LogP) is 1.46. The van der Waals surface area contributed by atoms with E-state index in [0.29, 0.717) is 5.76 Å². The Labute approximate surface area is 71.2 Å². The van der Waals surface area contributed by atoms with E-state index < -0.39 is 0 Å². The van der Waals surface area contributed by atoms with Crippen molar-refractivity contribution in [2.75, 3.05) is 7.11 Å². The van der Waals surface area contributed by atoms with Crippen LogP contribution in [-0.4, -0.2) is 12.9 Å². The minimum Gasteiger partial charge on any atom is -0.493 e. The molecule has 0 radical (unpaired) electrons. The van der Waals surface area contributed by atoms with Crippen molar-refractivity contribution in [3.8, 4) is 0 Å². The number of Topliss-reactive ketones (excluding diaryl/α,β-unsaturated/α-hetero) is 1. The second-order valence-corrected chi connectivity index (χ2v) is 2.97. The summed E-state index contributed by atoms with van der Waals surface area (Å²) in [5.74, 6) is 0.683. The van der Waals surface area contributed by atoms with Gasteiger partial charge in [0.25, 0.3) is 0 Å². The first-order valence-corrected chi connectivity index (χ1v) is 3.98. The maximum atomic E-state index is 11.5. The summed E-state index contributed by atoms with van der Waals surface area (Å²) in [6.07, 6.45) is 9.75. The van der Waals surface area contributed by atoms with Crippen molar-refractivity contribution in [3.05, 3.63) is 36.1 Å².